The van der Waals surface area contributed by atoms with Crippen LogP contribution in [-0.2, 0) is 0 Å². The molecule has 1 aromatic rings. The highest BCUT2D eigenvalue weighted by atomic mass is 127. The zero-order valence-electron chi connectivity index (χ0n) is 5.91. The molecule has 5 heteroatoms. The number of anilines is 1. The maximum Gasteiger partial charge on any atom is 0.337 e. The van der Waals surface area contributed by atoms with Crippen LogP contribution in [0.3, 0.4) is 0 Å². The molecule has 0 aliphatic rings. The van der Waals surface area contributed by atoms with Gasteiger partial charge in [-0.3, -0.25) is 0 Å². The molecule has 0 heterocycles. The summed E-state index contributed by atoms with van der Waals surface area (Å²) in [6, 6.07) is 2.81. The minimum atomic E-state index is -1.14. The summed E-state index contributed by atoms with van der Waals surface area (Å²) in [7, 11) is 0. The first-order valence-electron chi connectivity index (χ1n) is 3.03. The maximum absolute atomic E-state index is 10.5. The molecule has 1 aromatic carbocycles. The van der Waals surface area contributed by atoms with Crippen molar-refractivity contribution in [1.29, 1.82) is 0 Å². The van der Waals surface area contributed by atoms with E-state index in [1.54, 1.807) is 0 Å². The van der Waals surface area contributed by atoms with Gasteiger partial charge in [-0.1, -0.05) is 0 Å². The Balaban J connectivity index is 3.37. The molecule has 4 N–H and O–H groups in total. The van der Waals surface area contributed by atoms with Crippen LogP contribution in [0.15, 0.2) is 12.1 Å². The molecular weight excluding hydrogens is 273 g/mol. The molecule has 0 aromatic heterocycles. The highest BCUT2D eigenvalue weighted by Gasteiger charge is 2.11. The second-order valence-corrected chi connectivity index (χ2v) is 3.44. The van der Waals surface area contributed by atoms with Gasteiger partial charge in [-0.2, -0.15) is 0 Å². The lowest BCUT2D eigenvalue weighted by molar-refractivity contribution is 0.0697. The van der Waals surface area contributed by atoms with E-state index in [0.29, 0.717) is 3.57 Å². The third-order valence-corrected chi connectivity index (χ3v) is 1.98. The third-order valence-electron chi connectivity index (χ3n) is 1.35. The molecule has 0 radical (unpaired) electrons. The fourth-order valence-corrected chi connectivity index (χ4v) is 1.39. The SMILES string of the molecule is Nc1c(O)cc(I)cc1C(=O)O. The number of halogens is 1. The molecule has 0 bridgehead atoms. The molecular formula is C7H6INO3. The van der Waals surface area contributed by atoms with Crippen LogP contribution in [0.4, 0.5) is 5.69 Å². The summed E-state index contributed by atoms with van der Waals surface area (Å²) >= 11 is 1.90. The van der Waals surface area contributed by atoms with Crippen molar-refractivity contribution in [3.05, 3.63) is 21.3 Å². The summed E-state index contributed by atoms with van der Waals surface area (Å²) in [5, 5.41) is 17.8. The zero-order valence-corrected chi connectivity index (χ0v) is 8.07. The van der Waals surface area contributed by atoms with Gasteiger partial charge in [-0.25, -0.2) is 4.79 Å². The molecule has 4 nitrogen and oxygen atoms in total. The Morgan fingerprint density at radius 2 is 2.08 bits per heavy atom. The van der Waals surface area contributed by atoms with Crippen LogP contribution in [0.2, 0.25) is 0 Å². The number of carbonyl (C=O) groups is 1. The van der Waals surface area contributed by atoms with Gasteiger partial charge in [0.2, 0.25) is 0 Å². The number of aromatic hydroxyl groups is 1. The molecule has 0 atom stereocenters. The maximum atomic E-state index is 10.5. The summed E-state index contributed by atoms with van der Waals surface area (Å²) < 4.78 is 0.636. The first-order chi connectivity index (χ1) is 5.52. The van der Waals surface area contributed by atoms with Gasteiger partial charge in [0.15, 0.2) is 0 Å². The molecule has 0 amide bonds. The standard InChI is InChI=1S/C7H6INO3/c8-3-1-4(7(11)12)6(9)5(10)2-3/h1-2,10H,9H2,(H,11,12). The molecule has 0 spiro atoms. The largest absolute Gasteiger partial charge is 0.506 e. The summed E-state index contributed by atoms with van der Waals surface area (Å²) in [6.07, 6.45) is 0. The second kappa shape index (κ2) is 3.18. The molecule has 12 heavy (non-hydrogen) atoms. The Labute approximate surface area is 82.1 Å². The second-order valence-electron chi connectivity index (χ2n) is 2.19. The molecule has 0 unspecified atom stereocenters. The normalized spacial score (nSPS) is 9.75. The van der Waals surface area contributed by atoms with Gasteiger partial charge >= 0.3 is 5.97 Å². The van der Waals surface area contributed by atoms with Crippen molar-refractivity contribution < 1.29 is 15.0 Å². The van der Waals surface area contributed by atoms with E-state index in [1.165, 1.54) is 12.1 Å². The van der Waals surface area contributed by atoms with Gasteiger partial charge < -0.3 is 15.9 Å². The number of phenolic OH excluding ortho intramolecular Hbond substituents is 1. The average Bonchev–Trinajstić information content (AvgIpc) is 1.96. The number of benzene rings is 1. The predicted octanol–water partition coefficient (Wildman–Crippen LogP) is 1.28. The van der Waals surface area contributed by atoms with Crippen molar-refractivity contribution in [2.75, 3.05) is 5.73 Å². The number of aromatic carboxylic acids is 1. The van der Waals surface area contributed by atoms with Crippen LogP contribution in [0.25, 0.3) is 0 Å². The first kappa shape index (κ1) is 9.11. The monoisotopic (exact) mass is 279 g/mol. The zero-order chi connectivity index (χ0) is 9.30. The van der Waals surface area contributed by atoms with Crippen molar-refractivity contribution in [2.45, 2.75) is 0 Å². The fourth-order valence-electron chi connectivity index (χ4n) is 0.781. The number of carboxylic acid groups (broad SMARTS) is 1. The molecule has 1 rings (SSSR count). The van der Waals surface area contributed by atoms with Crippen molar-refractivity contribution in [3.63, 3.8) is 0 Å². The number of nitrogens with two attached hydrogens (primary N) is 1. The molecule has 0 aliphatic heterocycles. The van der Waals surface area contributed by atoms with E-state index < -0.39 is 5.97 Å². The van der Waals surface area contributed by atoms with Gasteiger partial charge in [0, 0.05) is 3.57 Å². The summed E-state index contributed by atoms with van der Waals surface area (Å²) in [6.45, 7) is 0. The molecule has 0 fully saturated rings. The van der Waals surface area contributed by atoms with Crippen LogP contribution in [-0.4, -0.2) is 16.2 Å². The van der Waals surface area contributed by atoms with E-state index in [2.05, 4.69) is 0 Å². The van der Waals surface area contributed by atoms with E-state index in [-0.39, 0.29) is 17.0 Å². The smallest absolute Gasteiger partial charge is 0.337 e. The number of nitrogen functional groups attached to an aromatic ring is 1. The minimum Gasteiger partial charge on any atom is -0.506 e. The van der Waals surface area contributed by atoms with Gasteiger partial charge in [-0.15, -0.1) is 0 Å². The van der Waals surface area contributed by atoms with E-state index in [4.69, 9.17) is 15.9 Å². The van der Waals surface area contributed by atoms with Gasteiger partial charge in [0.1, 0.15) is 5.75 Å². The molecule has 0 aliphatic carbocycles. The Bertz CT molecular complexity index is 338. The Morgan fingerprint density at radius 3 is 2.58 bits per heavy atom. The predicted molar refractivity (Wildman–Crippen MR) is 52.2 cm³/mol. The van der Waals surface area contributed by atoms with Gasteiger partial charge in [0.05, 0.1) is 11.3 Å². The first-order valence-corrected chi connectivity index (χ1v) is 4.11. The van der Waals surface area contributed by atoms with Crippen LogP contribution in [0.5, 0.6) is 5.75 Å². The number of hydrogen-bond donors (Lipinski definition) is 3. The summed E-state index contributed by atoms with van der Waals surface area (Å²) in [5.41, 5.74) is 5.15. The Morgan fingerprint density at radius 1 is 1.50 bits per heavy atom. The Hall–Kier alpha value is -0.980. The van der Waals surface area contributed by atoms with Crippen molar-refractivity contribution >= 4 is 34.2 Å². The highest BCUT2D eigenvalue weighted by Crippen LogP contribution is 2.26. The number of rotatable bonds is 1. The third kappa shape index (κ3) is 1.60. The lowest BCUT2D eigenvalue weighted by Crippen LogP contribution is -2.02. The molecule has 64 valence electrons. The average molecular weight is 279 g/mol. The number of phenols is 1. The number of carboxylic acids is 1. The van der Waals surface area contributed by atoms with Crippen LogP contribution < -0.4 is 5.73 Å². The summed E-state index contributed by atoms with van der Waals surface area (Å²) in [4.78, 5) is 10.5. The summed E-state index contributed by atoms with van der Waals surface area (Å²) in [5.74, 6) is -1.33. The van der Waals surface area contributed by atoms with E-state index in [1.807, 2.05) is 22.6 Å². The highest BCUT2D eigenvalue weighted by molar-refractivity contribution is 14.1. The number of hydrogen-bond acceptors (Lipinski definition) is 3. The van der Waals surface area contributed by atoms with Crippen molar-refractivity contribution in [3.8, 4) is 5.75 Å². The van der Waals surface area contributed by atoms with Gasteiger partial charge in [-0.05, 0) is 34.7 Å². The van der Waals surface area contributed by atoms with Crippen LogP contribution >= 0.6 is 22.6 Å². The van der Waals surface area contributed by atoms with E-state index in [9.17, 15) is 4.79 Å². The Kier molecular flexibility index (Phi) is 2.41. The van der Waals surface area contributed by atoms with Crippen molar-refractivity contribution in [1.82, 2.24) is 0 Å². The topological polar surface area (TPSA) is 83.5 Å². The van der Waals surface area contributed by atoms with Crippen LogP contribution in [0.1, 0.15) is 10.4 Å². The van der Waals surface area contributed by atoms with Crippen molar-refractivity contribution in [2.24, 2.45) is 0 Å². The fraction of sp³-hybridized carbons (Fsp3) is 0. The van der Waals surface area contributed by atoms with E-state index in [0.717, 1.165) is 0 Å². The van der Waals surface area contributed by atoms with Gasteiger partial charge in [0.25, 0.3) is 0 Å². The molecule has 0 saturated carbocycles. The molecule has 0 saturated heterocycles. The lowest BCUT2D eigenvalue weighted by Gasteiger charge is -2.03. The minimum absolute atomic E-state index is 0.0700. The van der Waals surface area contributed by atoms with Crippen LogP contribution in [0, 0.1) is 3.57 Å². The lowest BCUT2D eigenvalue weighted by atomic mass is 10.2. The van der Waals surface area contributed by atoms with E-state index >= 15 is 0 Å². The quantitative estimate of drug-likeness (QED) is 0.411.